The molecule has 24 heavy (non-hydrogen) atoms. The van der Waals surface area contributed by atoms with Gasteiger partial charge in [-0.2, -0.15) is 0 Å². The van der Waals surface area contributed by atoms with E-state index >= 15 is 0 Å². The fourth-order valence-electron chi connectivity index (χ4n) is 3.33. The molecule has 1 N–H and O–H groups in total. The molecule has 1 unspecified atom stereocenters. The van der Waals surface area contributed by atoms with Gasteiger partial charge in [-0.3, -0.25) is 0 Å². The Morgan fingerprint density at radius 3 is 3.00 bits per heavy atom. The van der Waals surface area contributed by atoms with Gasteiger partial charge in [0.2, 0.25) is 9.84 Å². The second-order valence-electron chi connectivity index (χ2n) is 6.17. The van der Waals surface area contributed by atoms with Crippen LogP contribution < -0.4 is 5.32 Å². The fraction of sp³-hybridized carbons (Fsp3) is 0.353. The summed E-state index contributed by atoms with van der Waals surface area (Å²) >= 11 is 1.25. The molecule has 0 aliphatic carbocycles. The van der Waals surface area contributed by atoms with E-state index in [0.29, 0.717) is 20.4 Å². The SMILES string of the molecule is O=S(=O)(c1cccs1)c1cn(CC2CCCNC2)c2ncccc12. The maximum Gasteiger partial charge on any atom is 0.218 e. The molecule has 4 heterocycles. The Bertz CT molecular complexity index is 940. The third kappa shape index (κ3) is 2.76. The molecule has 3 aromatic heterocycles. The van der Waals surface area contributed by atoms with Crippen LogP contribution in [0.25, 0.3) is 11.0 Å². The summed E-state index contributed by atoms with van der Waals surface area (Å²) < 4.78 is 28.3. The third-order valence-electron chi connectivity index (χ3n) is 4.50. The van der Waals surface area contributed by atoms with Crippen molar-refractivity contribution in [3.8, 4) is 0 Å². The maximum atomic E-state index is 13.0. The fourth-order valence-corrected chi connectivity index (χ4v) is 5.91. The molecule has 126 valence electrons. The van der Waals surface area contributed by atoms with Crippen LogP contribution in [0.4, 0.5) is 0 Å². The molecule has 5 nitrogen and oxygen atoms in total. The van der Waals surface area contributed by atoms with E-state index in [1.165, 1.54) is 11.3 Å². The summed E-state index contributed by atoms with van der Waals surface area (Å²) in [7, 11) is -3.50. The van der Waals surface area contributed by atoms with E-state index in [4.69, 9.17) is 0 Å². The summed E-state index contributed by atoms with van der Waals surface area (Å²) in [6.45, 7) is 2.83. The lowest BCUT2D eigenvalue weighted by molar-refractivity contribution is 0.340. The molecule has 0 aromatic carbocycles. The van der Waals surface area contributed by atoms with Crippen LogP contribution in [0.2, 0.25) is 0 Å². The van der Waals surface area contributed by atoms with Crippen LogP contribution in [0.1, 0.15) is 12.8 Å². The van der Waals surface area contributed by atoms with Crippen molar-refractivity contribution in [2.24, 2.45) is 5.92 Å². The van der Waals surface area contributed by atoms with Crippen molar-refractivity contribution in [1.29, 1.82) is 0 Å². The first-order valence-corrected chi connectivity index (χ1v) is 10.5. The zero-order valence-corrected chi connectivity index (χ0v) is 14.8. The van der Waals surface area contributed by atoms with Crippen LogP contribution in [-0.2, 0) is 16.4 Å². The minimum absolute atomic E-state index is 0.358. The Kier molecular flexibility index (Phi) is 4.15. The molecule has 0 radical (unpaired) electrons. The van der Waals surface area contributed by atoms with Crippen LogP contribution in [0, 0.1) is 5.92 Å². The molecular formula is C17H19N3O2S2. The van der Waals surface area contributed by atoms with Crippen LogP contribution in [0.5, 0.6) is 0 Å². The van der Waals surface area contributed by atoms with E-state index in [1.54, 1.807) is 36.0 Å². The highest BCUT2D eigenvalue weighted by Gasteiger charge is 2.25. The van der Waals surface area contributed by atoms with Crippen molar-refractivity contribution in [3.05, 3.63) is 42.0 Å². The van der Waals surface area contributed by atoms with Gasteiger partial charge in [-0.1, -0.05) is 6.07 Å². The third-order valence-corrected chi connectivity index (χ3v) is 7.68. The smallest absolute Gasteiger partial charge is 0.218 e. The predicted octanol–water partition coefficient (Wildman–Crippen LogP) is 2.93. The summed E-state index contributed by atoms with van der Waals surface area (Å²) in [5.41, 5.74) is 0.748. The number of sulfone groups is 1. The Morgan fingerprint density at radius 1 is 1.33 bits per heavy atom. The molecule has 0 amide bonds. The van der Waals surface area contributed by atoms with Gasteiger partial charge in [0, 0.05) is 24.3 Å². The zero-order valence-electron chi connectivity index (χ0n) is 13.2. The lowest BCUT2D eigenvalue weighted by Crippen LogP contribution is -2.32. The summed E-state index contributed by atoms with van der Waals surface area (Å²) in [5.74, 6) is 0.508. The monoisotopic (exact) mass is 361 g/mol. The van der Waals surface area contributed by atoms with Crippen molar-refractivity contribution in [3.63, 3.8) is 0 Å². The van der Waals surface area contributed by atoms with E-state index in [1.807, 2.05) is 10.6 Å². The number of hydrogen-bond donors (Lipinski definition) is 1. The van der Waals surface area contributed by atoms with Gasteiger partial charge in [0.05, 0.1) is 4.90 Å². The number of aromatic nitrogens is 2. The summed E-state index contributed by atoms with van der Waals surface area (Å²) in [6.07, 6.45) is 5.81. The topological polar surface area (TPSA) is 64.0 Å². The molecule has 1 atom stereocenters. The van der Waals surface area contributed by atoms with Gasteiger partial charge >= 0.3 is 0 Å². The first kappa shape index (κ1) is 15.8. The molecule has 3 aromatic rings. The van der Waals surface area contributed by atoms with Crippen molar-refractivity contribution < 1.29 is 8.42 Å². The number of nitrogens with one attached hydrogen (secondary N) is 1. The van der Waals surface area contributed by atoms with Gasteiger partial charge in [-0.25, -0.2) is 13.4 Å². The summed E-state index contributed by atoms with van der Waals surface area (Å²) in [5, 5.41) is 5.91. The average molecular weight is 361 g/mol. The largest absolute Gasteiger partial charge is 0.331 e. The molecule has 1 aliphatic rings. The molecule has 0 spiro atoms. The minimum atomic E-state index is -3.50. The van der Waals surface area contributed by atoms with Crippen molar-refractivity contribution in [2.45, 2.75) is 28.5 Å². The minimum Gasteiger partial charge on any atom is -0.331 e. The Labute approximate surface area is 145 Å². The zero-order chi connectivity index (χ0) is 16.6. The van der Waals surface area contributed by atoms with E-state index in [-0.39, 0.29) is 0 Å². The van der Waals surface area contributed by atoms with E-state index < -0.39 is 9.84 Å². The molecule has 1 aliphatic heterocycles. The average Bonchev–Trinajstić information content (AvgIpc) is 3.25. The number of fused-ring (bicyclic) bond motifs is 1. The van der Waals surface area contributed by atoms with Gasteiger partial charge in [0.25, 0.3) is 0 Å². The number of piperidine rings is 1. The molecule has 7 heteroatoms. The quantitative estimate of drug-likeness (QED) is 0.776. The number of rotatable bonds is 4. The van der Waals surface area contributed by atoms with E-state index in [9.17, 15) is 8.42 Å². The number of nitrogens with zero attached hydrogens (tertiary/aromatic N) is 2. The maximum absolute atomic E-state index is 13.0. The lowest BCUT2D eigenvalue weighted by Gasteiger charge is -2.23. The summed E-state index contributed by atoms with van der Waals surface area (Å²) in [6, 6.07) is 7.06. The highest BCUT2D eigenvalue weighted by molar-refractivity contribution is 7.93. The Morgan fingerprint density at radius 2 is 2.25 bits per heavy atom. The molecule has 0 saturated carbocycles. The molecule has 1 fully saturated rings. The number of hydrogen-bond acceptors (Lipinski definition) is 5. The van der Waals surface area contributed by atoms with Gasteiger partial charge in [-0.05, 0) is 55.4 Å². The van der Waals surface area contributed by atoms with Crippen LogP contribution >= 0.6 is 11.3 Å². The highest BCUT2D eigenvalue weighted by Crippen LogP contribution is 2.32. The molecule has 0 bridgehead atoms. The van der Waals surface area contributed by atoms with Crippen LogP contribution in [-0.4, -0.2) is 31.1 Å². The van der Waals surface area contributed by atoms with Crippen LogP contribution in [0.3, 0.4) is 0 Å². The van der Waals surface area contributed by atoms with Crippen molar-refractivity contribution >= 4 is 32.2 Å². The van der Waals surface area contributed by atoms with Gasteiger partial charge in [0.1, 0.15) is 9.86 Å². The molecule has 4 rings (SSSR count). The molecular weight excluding hydrogens is 342 g/mol. The summed E-state index contributed by atoms with van der Waals surface area (Å²) in [4.78, 5) is 4.80. The first-order chi connectivity index (χ1) is 11.7. The number of thiophene rings is 1. The van der Waals surface area contributed by atoms with Gasteiger partial charge in [0.15, 0.2) is 0 Å². The highest BCUT2D eigenvalue weighted by atomic mass is 32.2. The second-order valence-corrected chi connectivity index (χ2v) is 9.26. The van der Waals surface area contributed by atoms with E-state index in [0.717, 1.165) is 38.1 Å². The Balaban J connectivity index is 1.79. The number of pyridine rings is 1. The van der Waals surface area contributed by atoms with Gasteiger partial charge in [-0.15, -0.1) is 11.3 Å². The van der Waals surface area contributed by atoms with Crippen molar-refractivity contribution in [1.82, 2.24) is 14.9 Å². The Hall–Kier alpha value is -1.70. The molecule has 1 saturated heterocycles. The normalized spacial score (nSPS) is 18.9. The standard InChI is InChI=1S/C17H19N3O2S2/c21-24(22,16-6-3-9-23-16)15-12-20(11-13-4-1-7-18-10-13)17-14(15)5-2-8-19-17/h2-3,5-6,8-9,12-13,18H,1,4,7,10-11H2. The predicted molar refractivity (Wildman–Crippen MR) is 95.1 cm³/mol. The van der Waals surface area contributed by atoms with E-state index in [2.05, 4.69) is 10.3 Å². The second kappa shape index (κ2) is 6.31. The van der Waals surface area contributed by atoms with Gasteiger partial charge < -0.3 is 9.88 Å². The van der Waals surface area contributed by atoms with Crippen molar-refractivity contribution in [2.75, 3.05) is 13.1 Å². The lowest BCUT2D eigenvalue weighted by atomic mass is 10.00. The van der Waals surface area contributed by atoms with Crippen LogP contribution in [0.15, 0.2) is 51.1 Å². The first-order valence-electron chi connectivity index (χ1n) is 8.09.